The van der Waals surface area contributed by atoms with Gasteiger partial charge in [-0.2, -0.15) is 0 Å². The van der Waals surface area contributed by atoms with E-state index in [0.717, 1.165) is 4.67 Å². The minimum atomic E-state index is -6.41. The summed E-state index contributed by atoms with van der Waals surface area (Å²) in [6.45, 7) is -0.761. The summed E-state index contributed by atoms with van der Waals surface area (Å²) in [5.41, 5.74) is -0.388. The number of alkyl halides is 9. The first-order chi connectivity index (χ1) is 18.6. The zero-order valence-electron chi connectivity index (χ0n) is 20.1. The number of carbonyl (C=O) groups is 1. The van der Waals surface area contributed by atoms with Crippen molar-refractivity contribution in [3.8, 4) is 0 Å². The number of nitrogens with one attached hydrogen (secondary N) is 1. The average Bonchev–Trinajstić information content (AvgIpc) is 3.40. The Bertz CT molecular complexity index is 1340. The van der Waals surface area contributed by atoms with Gasteiger partial charge in [0.25, 0.3) is 0 Å². The molecule has 2 fully saturated rings. The summed E-state index contributed by atoms with van der Waals surface area (Å²) in [6, 6.07) is 11.8. The van der Waals surface area contributed by atoms with Crippen molar-refractivity contribution in [1.82, 2.24) is 9.76 Å². The van der Waals surface area contributed by atoms with E-state index in [2.05, 4.69) is 5.09 Å². The maximum atomic E-state index is 14.9. The van der Waals surface area contributed by atoms with E-state index in [9.17, 15) is 39.9 Å². The summed E-state index contributed by atoms with van der Waals surface area (Å²) in [7, 11) is -8.58. The van der Waals surface area contributed by atoms with Crippen LogP contribution in [0, 0.1) is 0 Å². The molecule has 3 aliphatic rings. The van der Waals surface area contributed by atoms with Crippen molar-refractivity contribution in [2.75, 3.05) is 12.4 Å². The first-order valence-electron chi connectivity index (χ1n) is 11.8. The number of amides is 1. The normalized spacial score (nSPS) is 28.7. The van der Waals surface area contributed by atoms with Crippen LogP contribution in [0.4, 0.5) is 35.1 Å². The number of rotatable bonds is 5. The molecule has 220 valence electrons. The van der Waals surface area contributed by atoms with E-state index < -0.39 is 63.3 Å². The van der Waals surface area contributed by atoms with Crippen LogP contribution in [0.3, 0.4) is 0 Å². The first-order valence-corrected chi connectivity index (χ1v) is 17.2. The topological polar surface area (TPSA) is 50.8 Å². The Kier molecular flexibility index (Phi) is 7.43. The SMILES string of the molecule is O=C1c2ccccc2[PH+]2C(CCCl)CNP23(OC(C(F)(F)F)C(C(F)(F)C(F)(F)F)O3)N1Cc1ccccc1Cl. The first kappa shape index (κ1) is 30.1. The van der Waals surface area contributed by atoms with E-state index in [1.165, 1.54) is 42.5 Å². The third-order valence-electron chi connectivity index (χ3n) is 7.22. The zero-order valence-corrected chi connectivity index (χ0v) is 23.5. The fourth-order valence-corrected chi connectivity index (χ4v) is 21.1. The van der Waals surface area contributed by atoms with Crippen LogP contribution in [0.2, 0.25) is 5.02 Å². The van der Waals surface area contributed by atoms with Crippen LogP contribution in [-0.4, -0.2) is 59.1 Å². The molecule has 4 unspecified atom stereocenters. The van der Waals surface area contributed by atoms with Gasteiger partial charge >= 0.3 is 234 Å². The van der Waals surface area contributed by atoms with Crippen molar-refractivity contribution in [2.24, 2.45) is 0 Å². The second kappa shape index (κ2) is 9.86. The second-order valence-corrected chi connectivity index (χ2v) is 19.3. The molecule has 0 bridgehead atoms. The van der Waals surface area contributed by atoms with Gasteiger partial charge in [-0.15, -0.1) is 0 Å². The number of fused-ring (bicyclic) bond motifs is 2. The molecule has 0 aromatic heterocycles. The van der Waals surface area contributed by atoms with Crippen molar-refractivity contribution in [3.05, 3.63) is 64.7 Å². The van der Waals surface area contributed by atoms with E-state index in [1.54, 1.807) is 6.07 Å². The second-order valence-electron chi connectivity index (χ2n) is 9.55. The van der Waals surface area contributed by atoms with Crippen LogP contribution in [0.5, 0.6) is 0 Å². The number of benzene rings is 2. The van der Waals surface area contributed by atoms with Crippen LogP contribution in [0.25, 0.3) is 0 Å². The van der Waals surface area contributed by atoms with E-state index in [-0.39, 0.29) is 40.3 Å². The number of halogens is 10. The molecule has 1 N–H and O–H groups in total. The predicted octanol–water partition coefficient (Wildman–Crippen LogP) is 7.11. The quantitative estimate of drug-likeness (QED) is 0.212. The number of hydrogen-bond acceptors (Lipinski definition) is 4. The Balaban J connectivity index is 1.81. The molecule has 40 heavy (non-hydrogen) atoms. The Morgan fingerprint density at radius 2 is 1.60 bits per heavy atom. The molecule has 2 aromatic carbocycles. The summed E-state index contributed by atoms with van der Waals surface area (Å²) in [5, 5.41) is 3.03. The summed E-state index contributed by atoms with van der Waals surface area (Å²) in [4.78, 5) is 14.0. The van der Waals surface area contributed by atoms with Gasteiger partial charge in [0.05, 0.1) is 0 Å². The van der Waals surface area contributed by atoms with Crippen molar-refractivity contribution in [1.29, 1.82) is 0 Å². The third kappa shape index (κ3) is 4.34. The van der Waals surface area contributed by atoms with Crippen LogP contribution in [0.1, 0.15) is 22.3 Å². The van der Waals surface area contributed by atoms with Crippen LogP contribution >= 0.6 is 37.9 Å². The third-order valence-corrected chi connectivity index (χ3v) is 20.3. The van der Waals surface area contributed by atoms with Gasteiger partial charge in [-0.25, -0.2) is 0 Å². The standard InChI is InChI=1S/C23H20Cl2F8N2O3P2/c24-10-9-14-11-34-40(37-18(19(38-40)22(28,29)30)21(26,27)23(31,32)33)35(12-13-5-1-3-7-16(13)25)20(36)15-6-2-4-8-17(15)39(14)40/h1-8,14,18-19,34H,9-12H2/p+1. The van der Waals surface area contributed by atoms with Crippen molar-refractivity contribution in [2.45, 2.75) is 49.1 Å². The zero-order chi connectivity index (χ0) is 29.3. The molecule has 4 atom stereocenters. The van der Waals surface area contributed by atoms with Gasteiger partial charge in [0, 0.05) is 0 Å². The van der Waals surface area contributed by atoms with Gasteiger partial charge < -0.3 is 0 Å². The molecule has 1 amide bonds. The monoisotopic (exact) mass is 657 g/mol. The number of carbonyl (C=O) groups excluding carboxylic acids is 1. The minimum absolute atomic E-state index is 0.00151. The fraction of sp³-hybridized carbons (Fsp3) is 0.435. The molecule has 0 aliphatic carbocycles. The number of nitrogens with zero attached hydrogens (tertiary/aromatic N) is 1. The summed E-state index contributed by atoms with van der Waals surface area (Å²) in [6.07, 6.45) is -19.5. The van der Waals surface area contributed by atoms with Gasteiger partial charge in [-0.3, -0.25) is 0 Å². The molecule has 5 rings (SSSR count). The van der Waals surface area contributed by atoms with E-state index >= 15 is 0 Å². The molecule has 3 heterocycles. The van der Waals surface area contributed by atoms with E-state index in [4.69, 9.17) is 32.2 Å². The molecule has 2 aromatic rings. The molecule has 1 spiro atoms. The van der Waals surface area contributed by atoms with E-state index in [1.807, 2.05) is 0 Å². The van der Waals surface area contributed by atoms with Crippen LogP contribution in [-0.2, 0) is 15.6 Å². The van der Waals surface area contributed by atoms with Gasteiger partial charge in [0.15, 0.2) is 0 Å². The summed E-state index contributed by atoms with van der Waals surface area (Å²) < 4.78 is 125. The van der Waals surface area contributed by atoms with Crippen LogP contribution in [0.15, 0.2) is 48.5 Å². The maximum absolute atomic E-state index is 14.9. The van der Waals surface area contributed by atoms with Crippen LogP contribution < -0.4 is 10.4 Å². The van der Waals surface area contributed by atoms with E-state index in [0.29, 0.717) is 0 Å². The summed E-state index contributed by atoms with van der Waals surface area (Å²) in [5.74, 6) is -6.93. The van der Waals surface area contributed by atoms with Gasteiger partial charge in [-0.1, -0.05) is 0 Å². The Labute approximate surface area is 233 Å². The molecule has 17 heteroatoms. The Hall–Kier alpha value is -1.33. The number of hydrogen-bond donors (Lipinski definition) is 1. The summed E-state index contributed by atoms with van der Waals surface area (Å²) >= 11 is 12.3. The average molecular weight is 658 g/mol. The van der Waals surface area contributed by atoms with Crippen molar-refractivity contribution >= 4 is 49.1 Å². The molecular weight excluding hydrogens is 637 g/mol. The Morgan fingerprint density at radius 3 is 2.23 bits per heavy atom. The van der Waals surface area contributed by atoms with Gasteiger partial charge in [0.1, 0.15) is 0 Å². The fourth-order valence-electron chi connectivity index (χ4n) is 5.49. The van der Waals surface area contributed by atoms with Crippen molar-refractivity contribution in [3.63, 3.8) is 0 Å². The molecule has 2 saturated heterocycles. The van der Waals surface area contributed by atoms with Crippen molar-refractivity contribution < 1.29 is 49.0 Å². The molecule has 0 radical (unpaired) electrons. The van der Waals surface area contributed by atoms with Gasteiger partial charge in [0.2, 0.25) is 0 Å². The molecule has 3 aliphatic heterocycles. The molecular formula is C23H21Cl2F8N2O3P2+. The predicted molar refractivity (Wildman–Crippen MR) is 137 cm³/mol. The Morgan fingerprint density at radius 1 is 0.975 bits per heavy atom. The van der Waals surface area contributed by atoms with Gasteiger partial charge in [-0.05, 0) is 0 Å². The molecule has 5 nitrogen and oxygen atoms in total. The molecule has 0 saturated carbocycles.